The number of benzene rings is 3. The van der Waals surface area contributed by atoms with Crippen molar-refractivity contribution in [2.45, 2.75) is 0 Å². The largest absolute Gasteiger partial charge is 0.423 e. The molecule has 1 amide bonds. The molecule has 3 rings (SSSR count). The average molecular weight is 468 g/mol. The minimum absolute atomic E-state index is 0.116. The average Bonchev–Trinajstić information content (AvgIpc) is 2.74. The molecule has 0 heterocycles. The number of hydrazone groups is 1. The summed E-state index contributed by atoms with van der Waals surface area (Å²) in [4.78, 5) is 34.4. The number of nitrogens with zero attached hydrogens (tertiary/aromatic N) is 2. The third-order valence-electron chi connectivity index (χ3n) is 3.85. The van der Waals surface area contributed by atoms with Crippen molar-refractivity contribution in [2.24, 2.45) is 5.10 Å². The Balaban J connectivity index is 1.62. The summed E-state index contributed by atoms with van der Waals surface area (Å²) in [7, 11) is 0. The number of amides is 1. The maximum Gasteiger partial charge on any atom is 0.343 e. The van der Waals surface area contributed by atoms with Crippen LogP contribution in [0.5, 0.6) is 5.75 Å². The topological polar surface area (TPSA) is 111 Å². The zero-order valence-corrected chi connectivity index (χ0v) is 16.9. The van der Waals surface area contributed by atoms with Crippen LogP contribution in [0.3, 0.4) is 0 Å². The van der Waals surface area contributed by atoms with Gasteiger partial charge in [0.2, 0.25) is 0 Å². The first kappa shape index (κ1) is 20.9. The van der Waals surface area contributed by atoms with Crippen LogP contribution in [0.1, 0.15) is 26.3 Å². The summed E-state index contributed by atoms with van der Waals surface area (Å²) in [6.07, 6.45) is 1.42. The van der Waals surface area contributed by atoms with Gasteiger partial charge in [-0.15, -0.1) is 0 Å². The number of esters is 1. The van der Waals surface area contributed by atoms with E-state index < -0.39 is 10.9 Å². The van der Waals surface area contributed by atoms with Crippen LogP contribution in [-0.4, -0.2) is 23.0 Å². The van der Waals surface area contributed by atoms with E-state index in [9.17, 15) is 19.7 Å². The van der Waals surface area contributed by atoms with Crippen LogP contribution in [0, 0.1) is 10.1 Å². The summed E-state index contributed by atoms with van der Waals surface area (Å²) in [6.45, 7) is 0. The van der Waals surface area contributed by atoms with Gasteiger partial charge in [-0.1, -0.05) is 34.1 Å². The Morgan fingerprint density at radius 2 is 1.73 bits per heavy atom. The molecule has 0 saturated carbocycles. The first-order valence-corrected chi connectivity index (χ1v) is 9.37. The lowest BCUT2D eigenvalue weighted by Gasteiger charge is -2.05. The second-order valence-corrected chi connectivity index (χ2v) is 6.89. The number of nitro groups is 1. The number of non-ortho nitro benzene ring substituents is 1. The highest BCUT2D eigenvalue weighted by molar-refractivity contribution is 9.10. The quantitative estimate of drug-likeness (QED) is 0.190. The molecule has 0 fully saturated rings. The smallest absolute Gasteiger partial charge is 0.343 e. The molecule has 0 unspecified atom stereocenters. The molecule has 3 aromatic rings. The van der Waals surface area contributed by atoms with Crippen LogP contribution in [0.4, 0.5) is 5.69 Å². The van der Waals surface area contributed by atoms with E-state index in [4.69, 9.17) is 4.74 Å². The molecule has 0 saturated heterocycles. The SMILES string of the molecule is O=C(N/N=C/c1cccc(OC(=O)c2ccc([N+](=O)[O-])cc2)c1)c1cccc(Br)c1. The van der Waals surface area contributed by atoms with Gasteiger partial charge in [0, 0.05) is 22.2 Å². The summed E-state index contributed by atoms with van der Waals surface area (Å²) < 4.78 is 6.07. The Labute approximate surface area is 179 Å². The van der Waals surface area contributed by atoms with Crippen molar-refractivity contribution < 1.29 is 19.2 Å². The molecule has 0 radical (unpaired) electrons. The highest BCUT2D eigenvalue weighted by Gasteiger charge is 2.11. The minimum atomic E-state index is -0.651. The number of ether oxygens (including phenoxy) is 1. The molecule has 0 bridgehead atoms. The molecule has 0 aliphatic heterocycles. The van der Waals surface area contributed by atoms with E-state index in [1.807, 2.05) is 6.07 Å². The molecule has 0 spiro atoms. The van der Waals surface area contributed by atoms with Crippen LogP contribution in [0.15, 0.2) is 82.4 Å². The molecular formula is C21H14BrN3O5. The van der Waals surface area contributed by atoms with Gasteiger partial charge < -0.3 is 4.74 Å². The first-order valence-electron chi connectivity index (χ1n) is 8.58. The molecule has 30 heavy (non-hydrogen) atoms. The predicted octanol–water partition coefficient (Wildman–Crippen LogP) is 4.34. The highest BCUT2D eigenvalue weighted by Crippen LogP contribution is 2.17. The summed E-state index contributed by atoms with van der Waals surface area (Å²) in [5, 5.41) is 14.6. The van der Waals surface area contributed by atoms with E-state index in [1.54, 1.807) is 42.5 Å². The van der Waals surface area contributed by atoms with Crippen LogP contribution in [0.2, 0.25) is 0 Å². The van der Waals surface area contributed by atoms with Gasteiger partial charge in [0.25, 0.3) is 11.6 Å². The summed E-state index contributed by atoms with van der Waals surface area (Å²) in [5.41, 5.74) is 3.53. The Morgan fingerprint density at radius 3 is 2.43 bits per heavy atom. The van der Waals surface area contributed by atoms with Crippen molar-refractivity contribution in [3.05, 3.63) is 104 Å². The normalized spacial score (nSPS) is 10.6. The van der Waals surface area contributed by atoms with Crippen LogP contribution < -0.4 is 10.2 Å². The van der Waals surface area contributed by atoms with Gasteiger partial charge in [-0.2, -0.15) is 5.10 Å². The highest BCUT2D eigenvalue weighted by atomic mass is 79.9. The van der Waals surface area contributed by atoms with Crippen molar-refractivity contribution in [1.29, 1.82) is 0 Å². The fourth-order valence-electron chi connectivity index (χ4n) is 2.40. The summed E-state index contributed by atoms with van der Waals surface area (Å²) in [6, 6.07) is 18.5. The third-order valence-corrected chi connectivity index (χ3v) is 4.34. The summed E-state index contributed by atoms with van der Waals surface area (Å²) in [5.74, 6) is -0.754. The first-order chi connectivity index (χ1) is 14.4. The molecule has 8 nitrogen and oxygen atoms in total. The molecule has 9 heteroatoms. The number of nitrogens with one attached hydrogen (secondary N) is 1. The van der Waals surface area contributed by atoms with E-state index in [0.717, 1.165) is 4.47 Å². The molecule has 1 N–H and O–H groups in total. The minimum Gasteiger partial charge on any atom is -0.423 e. The second-order valence-electron chi connectivity index (χ2n) is 5.98. The lowest BCUT2D eigenvalue weighted by atomic mass is 10.2. The Kier molecular flexibility index (Phi) is 6.66. The number of rotatable bonds is 6. The van der Waals surface area contributed by atoms with Gasteiger partial charge >= 0.3 is 5.97 Å². The number of hydrogen-bond donors (Lipinski definition) is 1. The number of nitro benzene ring substituents is 1. The number of hydrogen-bond acceptors (Lipinski definition) is 6. The van der Waals surface area contributed by atoms with Gasteiger partial charge in [-0.05, 0) is 48.0 Å². The Morgan fingerprint density at radius 1 is 1.00 bits per heavy atom. The van der Waals surface area contributed by atoms with E-state index in [0.29, 0.717) is 11.1 Å². The van der Waals surface area contributed by atoms with Crippen LogP contribution in [-0.2, 0) is 0 Å². The molecule has 150 valence electrons. The second kappa shape index (κ2) is 9.57. The fourth-order valence-corrected chi connectivity index (χ4v) is 2.80. The lowest BCUT2D eigenvalue weighted by molar-refractivity contribution is -0.384. The fraction of sp³-hybridized carbons (Fsp3) is 0. The molecule has 0 aromatic heterocycles. The lowest BCUT2D eigenvalue weighted by Crippen LogP contribution is -2.17. The standard InChI is InChI=1S/C21H14BrN3O5/c22-17-5-2-4-16(12-17)20(26)24-23-13-14-3-1-6-19(11-14)30-21(27)15-7-9-18(10-8-15)25(28)29/h1-13H,(H,24,26)/b23-13+. The van der Waals surface area contributed by atoms with Crippen molar-refractivity contribution in [2.75, 3.05) is 0 Å². The van der Waals surface area contributed by atoms with E-state index in [-0.39, 0.29) is 22.9 Å². The zero-order chi connectivity index (χ0) is 21.5. The maximum atomic E-state index is 12.2. The van der Waals surface area contributed by atoms with E-state index in [2.05, 4.69) is 26.5 Å². The number of carbonyl (C=O) groups excluding carboxylic acids is 2. The number of halogens is 1. The molecule has 0 aliphatic carbocycles. The van der Waals surface area contributed by atoms with E-state index >= 15 is 0 Å². The molecule has 0 aliphatic rings. The van der Waals surface area contributed by atoms with Crippen molar-refractivity contribution >= 4 is 39.7 Å². The molecular weight excluding hydrogens is 454 g/mol. The van der Waals surface area contributed by atoms with Gasteiger partial charge in [0.15, 0.2) is 0 Å². The van der Waals surface area contributed by atoms with Crippen molar-refractivity contribution in [1.82, 2.24) is 5.43 Å². The summed E-state index contributed by atoms with van der Waals surface area (Å²) >= 11 is 3.30. The Bertz CT molecular complexity index is 1130. The van der Waals surface area contributed by atoms with Crippen molar-refractivity contribution in [3.63, 3.8) is 0 Å². The molecule has 3 aromatic carbocycles. The van der Waals surface area contributed by atoms with Crippen molar-refractivity contribution in [3.8, 4) is 5.75 Å². The maximum absolute atomic E-state index is 12.2. The van der Waals surface area contributed by atoms with Gasteiger partial charge in [0.1, 0.15) is 5.75 Å². The van der Waals surface area contributed by atoms with Gasteiger partial charge in [-0.3, -0.25) is 14.9 Å². The Hall–Kier alpha value is -3.85. The van der Waals surface area contributed by atoms with Gasteiger partial charge in [0.05, 0.1) is 16.7 Å². The third kappa shape index (κ3) is 5.58. The van der Waals surface area contributed by atoms with Crippen LogP contribution in [0.25, 0.3) is 0 Å². The van der Waals surface area contributed by atoms with Gasteiger partial charge in [-0.25, -0.2) is 10.2 Å². The molecule has 0 atom stereocenters. The monoisotopic (exact) mass is 467 g/mol. The van der Waals surface area contributed by atoms with E-state index in [1.165, 1.54) is 30.5 Å². The predicted molar refractivity (Wildman–Crippen MR) is 114 cm³/mol. The zero-order valence-electron chi connectivity index (χ0n) is 15.3. The number of carbonyl (C=O) groups is 2. The van der Waals surface area contributed by atoms with Crippen LogP contribution >= 0.6 is 15.9 Å².